The van der Waals surface area contributed by atoms with E-state index in [0.717, 1.165) is 11.8 Å². The number of hydrogen-bond acceptors (Lipinski definition) is 0. The highest BCUT2D eigenvalue weighted by Crippen LogP contribution is 2.23. The van der Waals surface area contributed by atoms with Gasteiger partial charge in [0.25, 0.3) is 0 Å². The Morgan fingerprint density at radius 3 is 2.24 bits per heavy atom. The van der Waals surface area contributed by atoms with Crippen molar-refractivity contribution < 1.29 is 0 Å². The number of allylic oxidation sites excluding steroid dienone is 4. The van der Waals surface area contributed by atoms with Gasteiger partial charge in [-0.05, 0) is 44.4 Å². The van der Waals surface area contributed by atoms with E-state index in [2.05, 4.69) is 59.8 Å². The van der Waals surface area contributed by atoms with Gasteiger partial charge in [0.1, 0.15) is 0 Å². The second-order valence-electron chi connectivity index (χ2n) is 5.86. The lowest BCUT2D eigenvalue weighted by Crippen LogP contribution is -2.06. The Labute approximate surface area is 109 Å². The zero-order chi connectivity index (χ0) is 13.3. The molecule has 3 unspecified atom stereocenters. The van der Waals surface area contributed by atoms with Crippen LogP contribution in [0, 0.1) is 17.8 Å². The first-order valence-corrected chi connectivity index (χ1v) is 7.30. The van der Waals surface area contributed by atoms with Gasteiger partial charge in [-0.1, -0.05) is 64.3 Å². The SMILES string of the molecule is C/C=C/C(C)=C/C(C)CC(C)CC(C)CCC. The molecule has 0 spiro atoms. The maximum atomic E-state index is 2.40. The lowest BCUT2D eigenvalue weighted by molar-refractivity contribution is 0.352. The summed E-state index contributed by atoms with van der Waals surface area (Å²) in [6.07, 6.45) is 12.1. The molecule has 0 saturated heterocycles. The monoisotopic (exact) mass is 236 g/mol. The molecule has 0 rings (SSSR count). The van der Waals surface area contributed by atoms with Crippen LogP contribution in [-0.4, -0.2) is 0 Å². The summed E-state index contributed by atoms with van der Waals surface area (Å²) in [4.78, 5) is 0. The Morgan fingerprint density at radius 2 is 1.71 bits per heavy atom. The van der Waals surface area contributed by atoms with Gasteiger partial charge in [-0.25, -0.2) is 0 Å². The standard InChI is InChI=1S/C17H32/c1-7-9-14(3)11-16(5)13-17(6)12-15(4)10-8-2/h7,9,11,15-17H,8,10,12-13H2,1-6H3/b9-7+,14-11+. The highest BCUT2D eigenvalue weighted by molar-refractivity contribution is 5.15. The maximum absolute atomic E-state index is 2.40. The zero-order valence-electron chi connectivity index (χ0n) is 12.8. The smallest absolute Gasteiger partial charge is 0.0254 e. The zero-order valence-corrected chi connectivity index (χ0v) is 12.8. The molecule has 100 valence electrons. The third-order valence-corrected chi connectivity index (χ3v) is 3.34. The second kappa shape index (κ2) is 9.50. The molecule has 0 aromatic rings. The first-order chi connectivity index (χ1) is 7.99. The number of hydrogen-bond donors (Lipinski definition) is 0. The van der Waals surface area contributed by atoms with E-state index in [1.54, 1.807) is 0 Å². The molecule has 17 heavy (non-hydrogen) atoms. The van der Waals surface area contributed by atoms with Crippen molar-refractivity contribution in [2.24, 2.45) is 17.8 Å². The van der Waals surface area contributed by atoms with Crippen LogP contribution in [0.1, 0.15) is 67.2 Å². The lowest BCUT2D eigenvalue weighted by atomic mass is 9.87. The van der Waals surface area contributed by atoms with Gasteiger partial charge < -0.3 is 0 Å². The van der Waals surface area contributed by atoms with Gasteiger partial charge in [0, 0.05) is 0 Å². The van der Waals surface area contributed by atoms with Crippen LogP contribution in [0.15, 0.2) is 23.8 Å². The van der Waals surface area contributed by atoms with Crippen molar-refractivity contribution >= 4 is 0 Å². The molecular formula is C17H32. The first-order valence-electron chi connectivity index (χ1n) is 7.30. The van der Waals surface area contributed by atoms with Crippen molar-refractivity contribution in [2.45, 2.75) is 67.2 Å². The molecule has 3 atom stereocenters. The fourth-order valence-corrected chi connectivity index (χ4v) is 2.86. The van der Waals surface area contributed by atoms with E-state index in [1.165, 1.54) is 31.3 Å². The Hall–Kier alpha value is -0.520. The van der Waals surface area contributed by atoms with Gasteiger partial charge in [0.05, 0.1) is 0 Å². The number of rotatable bonds is 8. The Bertz CT molecular complexity index is 234. The summed E-state index contributed by atoms with van der Waals surface area (Å²) in [5, 5.41) is 0. The highest BCUT2D eigenvalue weighted by atomic mass is 14.2. The Balaban J connectivity index is 4.02. The molecule has 0 heteroatoms. The summed E-state index contributed by atoms with van der Waals surface area (Å²) >= 11 is 0. The molecule has 0 aromatic carbocycles. The summed E-state index contributed by atoms with van der Waals surface area (Å²) in [5.41, 5.74) is 1.40. The summed E-state index contributed by atoms with van der Waals surface area (Å²) in [5.74, 6) is 2.44. The molecule has 0 nitrogen and oxygen atoms in total. The van der Waals surface area contributed by atoms with Crippen molar-refractivity contribution in [3.8, 4) is 0 Å². The predicted octanol–water partition coefficient (Wildman–Crippen LogP) is 6.00. The maximum Gasteiger partial charge on any atom is -0.0254 e. The van der Waals surface area contributed by atoms with Gasteiger partial charge in [-0.3, -0.25) is 0 Å². The Morgan fingerprint density at radius 1 is 1.06 bits per heavy atom. The van der Waals surface area contributed by atoms with E-state index in [1.807, 2.05) is 0 Å². The lowest BCUT2D eigenvalue weighted by Gasteiger charge is -2.19. The van der Waals surface area contributed by atoms with Gasteiger partial charge in [0.2, 0.25) is 0 Å². The van der Waals surface area contributed by atoms with Crippen LogP contribution in [0.3, 0.4) is 0 Å². The predicted molar refractivity (Wildman–Crippen MR) is 80.2 cm³/mol. The van der Waals surface area contributed by atoms with Crippen molar-refractivity contribution in [3.63, 3.8) is 0 Å². The summed E-state index contributed by atoms with van der Waals surface area (Å²) < 4.78 is 0. The van der Waals surface area contributed by atoms with E-state index < -0.39 is 0 Å². The largest absolute Gasteiger partial charge is 0.0874 e. The molecule has 0 fully saturated rings. The van der Waals surface area contributed by atoms with Crippen molar-refractivity contribution in [2.75, 3.05) is 0 Å². The molecule has 0 saturated carbocycles. The van der Waals surface area contributed by atoms with Gasteiger partial charge in [-0.15, -0.1) is 0 Å². The fraction of sp³-hybridized carbons (Fsp3) is 0.765. The molecule has 0 N–H and O–H groups in total. The van der Waals surface area contributed by atoms with Gasteiger partial charge in [-0.2, -0.15) is 0 Å². The molecular weight excluding hydrogens is 204 g/mol. The third-order valence-electron chi connectivity index (χ3n) is 3.34. The van der Waals surface area contributed by atoms with Crippen molar-refractivity contribution in [1.82, 2.24) is 0 Å². The minimum absolute atomic E-state index is 0.704. The molecule has 0 heterocycles. The first kappa shape index (κ1) is 16.5. The van der Waals surface area contributed by atoms with E-state index in [9.17, 15) is 0 Å². The molecule has 0 aromatic heterocycles. The van der Waals surface area contributed by atoms with E-state index in [-0.39, 0.29) is 0 Å². The molecule has 0 bridgehead atoms. The normalized spacial score (nSPS) is 18.4. The van der Waals surface area contributed by atoms with Crippen LogP contribution in [0.25, 0.3) is 0 Å². The average molecular weight is 236 g/mol. The Kier molecular flexibility index (Phi) is 9.21. The fourth-order valence-electron chi connectivity index (χ4n) is 2.86. The molecule has 0 amide bonds. The van der Waals surface area contributed by atoms with E-state index >= 15 is 0 Å². The minimum Gasteiger partial charge on any atom is -0.0874 e. The van der Waals surface area contributed by atoms with Crippen LogP contribution in [0.4, 0.5) is 0 Å². The quantitative estimate of drug-likeness (QED) is 0.454. The molecule has 0 aliphatic rings. The van der Waals surface area contributed by atoms with E-state index in [4.69, 9.17) is 0 Å². The minimum atomic E-state index is 0.704. The van der Waals surface area contributed by atoms with Crippen LogP contribution in [-0.2, 0) is 0 Å². The topological polar surface area (TPSA) is 0 Å². The van der Waals surface area contributed by atoms with Crippen molar-refractivity contribution in [1.29, 1.82) is 0 Å². The van der Waals surface area contributed by atoms with Crippen LogP contribution in [0.5, 0.6) is 0 Å². The van der Waals surface area contributed by atoms with E-state index in [0.29, 0.717) is 5.92 Å². The molecule has 0 radical (unpaired) electrons. The van der Waals surface area contributed by atoms with Crippen LogP contribution >= 0.6 is 0 Å². The third kappa shape index (κ3) is 9.21. The van der Waals surface area contributed by atoms with Crippen LogP contribution < -0.4 is 0 Å². The molecule has 0 aliphatic carbocycles. The summed E-state index contributed by atoms with van der Waals surface area (Å²) in [6.45, 7) is 13.7. The van der Waals surface area contributed by atoms with Gasteiger partial charge in [0.15, 0.2) is 0 Å². The summed E-state index contributed by atoms with van der Waals surface area (Å²) in [6, 6.07) is 0. The van der Waals surface area contributed by atoms with Crippen molar-refractivity contribution in [3.05, 3.63) is 23.8 Å². The van der Waals surface area contributed by atoms with Gasteiger partial charge >= 0.3 is 0 Å². The van der Waals surface area contributed by atoms with Crippen LogP contribution in [0.2, 0.25) is 0 Å². The highest BCUT2D eigenvalue weighted by Gasteiger charge is 2.10. The average Bonchev–Trinajstić information content (AvgIpc) is 2.16. The molecule has 0 aliphatic heterocycles. The second-order valence-corrected chi connectivity index (χ2v) is 5.86. The summed E-state index contributed by atoms with van der Waals surface area (Å²) in [7, 11) is 0.